The van der Waals surface area contributed by atoms with E-state index in [0.717, 1.165) is 81.6 Å². The molecule has 2 bridgehead atoms. The van der Waals surface area contributed by atoms with Crippen LogP contribution >= 0.6 is 0 Å². The zero-order valence-electron chi connectivity index (χ0n) is 25.5. The lowest BCUT2D eigenvalue weighted by Crippen LogP contribution is -2.41. The van der Waals surface area contributed by atoms with Gasteiger partial charge in [-0.25, -0.2) is 4.98 Å². The summed E-state index contributed by atoms with van der Waals surface area (Å²) in [4.78, 5) is 33.4. The Labute approximate surface area is 261 Å². The number of carbonyl (C=O) groups excluding carboxylic acids is 2. The van der Waals surface area contributed by atoms with Crippen molar-refractivity contribution in [3.8, 4) is 28.4 Å². The van der Waals surface area contributed by atoms with Gasteiger partial charge in [-0.2, -0.15) is 0 Å². The molecule has 45 heavy (non-hydrogen) atoms. The molecule has 2 aromatic heterocycles. The molecule has 9 rings (SSSR count). The number of methoxy groups -OCH3 is 1. The van der Waals surface area contributed by atoms with Crippen LogP contribution in [0, 0.1) is 11.8 Å². The molecule has 5 aromatic rings. The Morgan fingerprint density at radius 3 is 2.58 bits per heavy atom. The van der Waals surface area contributed by atoms with Crippen LogP contribution in [0.3, 0.4) is 0 Å². The number of para-hydroxylation sites is 1. The van der Waals surface area contributed by atoms with E-state index in [4.69, 9.17) is 15.5 Å². The molecule has 2 aliphatic heterocycles. The fraction of sp³-hybridized carbons (Fsp3) is 0.361. The van der Waals surface area contributed by atoms with E-state index in [2.05, 4.69) is 44.8 Å². The van der Waals surface area contributed by atoms with Crippen LogP contribution < -0.4 is 15.8 Å². The molecule has 0 unspecified atom stereocenters. The predicted molar refractivity (Wildman–Crippen MR) is 173 cm³/mol. The lowest BCUT2D eigenvalue weighted by molar-refractivity contribution is 0.0700. The third-order valence-electron chi connectivity index (χ3n) is 10.7. The molecule has 9 nitrogen and oxygen atoms in total. The minimum Gasteiger partial charge on any atom is -0.494 e. The van der Waals surface area contributed by atoms with E-state index in [-0.39, 0.29) is 23.9 Å². The first kappa shape index (κ1) is 26.7. The van der Waals surface area contributed by atoms with Crippen LogP contribution in [0.15, 0.2) is 54.6 Å². The van der Waals surface area contributed by atoms with E-state index in [1.165, 1.54) is 12.8 Å². The van der Waals surface area contributed by atoms with Crippen LogP contribution in [0.5, 0.6) is 5.75 Å². The number of nitrogens with one attached hydrogen (secondary N) is 1. The highest BCUT2D eigenvalue weighted by molar-refractivity contribution is 6.04. The lowest BCUT2D eigenvalue weighted by Gasteiger charge is -2.27. The number of benzene rings is 3. The number of likely N-dealkylation sites (tertiary alicyclic amines) is 1. The molecule has 3 aromatic carbocycles. The standard InChI is InChI=1S/C36H36N6O3/c1-40-33-27(13-22(15-30(33)45-2)36(44)42-18-21-11-12-28(42)31(21)37)39-34(40)29-14-20-5-3-7-24(32(20)41(29)17-19-9-10-19)23-6-4-8-25-26(23)16-38-35(25)43/h3-8,13-15,19,21,28,31H,9-12,16-18,37H2,1-2H3,(H,38,43)/t21-,28-,31-/m1/s1. The summed E-state index contributed by atoms with van der Waals surface area (Å²) in [5.41, 5.74) is 14.8. The average Bonchev–Trinajstić information content (AvgIpc) is 3.28. The summed E-state index contributed by atoms with van der Waals surface area (Å²) in [5, 5.41) is 4.13. The minimum atomic E-state index is -0.0142. The number of nitrogens with zero attached hydrogens (tertiary/aromatic N) is 4. The van der Waals surface area contributed by atoms with Crippen molar-refractivity contribution in [3.05, 3.63) is 71.3 Å². The number of fused-ring (bicyclic) bond motifs is 5. The largest absolute Gasteiger partial charge is 0.494 e. The minimum absolute atomic E-state index is 0.000839. The number of imidazole rings is 1. The molecule has 2 amide bonds. The summed E-state index contributed by atoms with van der Waals surface area (Å²) >= 11 is 0. The van der Waals surface area contributed by atoms with Crippen LogP contribution in [0.25, 0.3) is 44.6 Å². The molecule has 0 radical (unpaired) electrons. The first-order valence-electron chi connectivity index (χ1n) is 16.1. The molecule has 2 saturated carbocycles. The van der Waals surface area contributed by atoms with Crippen molar-refractivity contribution < 1.29 is 14.3 Å². The van der Waals surface area contributed by atoms with Gasteiger partial charge in [-0.05, 0) is 72.9 Å². The van der Waals surface area contributed by atoms with Gasteiger partial charge in [-0.15, -0.1) is 0 Å². The van der Waals surface area contributed by atoms with Crippen LogP contribution in [0.4, 0.5) is 0 Å². The van der Waals surface area contributed by atoms with Gasteiger partial charge in [0.2, 0.25) is 0 Å². The zero-order valence-corrected chi connectivity index (χ0v) is 25.5. The maximum absolute atomic E-state index is 13.8. The van der Waals surface area contributed by atoms with Gasteiger partial charge in [0, 0.05) is 60.8 Å². The van der Waals surface area contributed by atoms with Crippen molar-refractivity contribution in [2.75, 3.05) is 13.7 Å². The van der Waals surface area contributed by atoms with Gasteiger partial charge in [0.05, 0.1) is 23.8 Å². The molecule has 9 heteroatoms. The van der Waals surface area contributed by atoms with Gasteiger partial charge in [0.1, 0.15) is 11.3 Å². The molecule has 228 valence electrons. The van der Waals surface area contributed by atoms with Gasteiger partial charge >= 0.3 is 0 Å². The number of rotatable bonds is 6. The molecule has 0 spiro atoms. The van der Waals surface area contributed by atoms with Crippen molar-refractivity contribution in [2.24, 2.45) is 24.6 Å². The first-order chi connectivity index (χ1) is 21.9. The van der Waals surface area contributed by atoms with Crippen molar-refractivity contribution in [2.45, 2.75) is 50.9 Å². The second-order valence-electron chi connectivity index (χ2n) is 13.3. The normalized spacial score (nSPS) is 22.1. The van der Waals surface area contributed by atoms with Crippen LogP contribution in [0.2, 0.25) is 0 Å². The third-order valence-corrected chi connectivity index (χ3v) is 10.7. The molecule has 4 aliphatic rings. The Kier molecular flexibility index (Phi) is 5.75. The Morgan fingerprint density at radius 2 is 1.82 bits per heavy atom. The fourth-order valence-electron chi connectivity index (χ4n) is 8.25. The summed E-state index contributed by atoms with van der Waals surface area (Å²) in [6.45, 7) is 2.15. The number of aryl methyl sites for hydroxylation is 1. The van der Waals surface area contributed by atoms with E-state index >= 15 is 0 Å². The van der Waals surface area contributed by atoms with Gasteiger partial charge in [-0.3, -0.25) is 9.59 Å². The topological polar surface area (TPSA) is 107 Å². The first-order valence-corrected chi connectivity index (χ1v) is 16.1. The number of nitrogens with two attached hydrogens (primary N) is 1. The summed E-state index contributed by atoms with van der Waals surface area (Å²) in [6.07, 6.45) is 4.49. The quantitative estimate of drug-likeness (QED) is 0.283. The van der Waals surface area contributed by atoms with E-state index < -0.39 is 0 Å². The number of aromatic nitrogens is 3. The Bertz CT molecular complexity index is 2070. The number of piperidine rings is 1. The van der Waals surface area contributed by atoms with Crippen LogP contribution in [0.1, 0.15) is 52.0 Å². The summed E-state index contributed by atoms with van der Waals surface area (Å²) in [5.74, 6) is 2.45. The maximum atomic E-state index is 13.8. The highest BCUT2D eigenvalue weighted by atomic mass is 16.5. The second-order valence-corrected chi connectivity index (χ2v) is 13.3. The van der Waals surface area contributed by atoms with Gasteiger partial charge in [-0.1, -0.05) is 30.3 Å². The summed E-state index contributed by atoms with van der Waals surface area (Å²) < 4.78 is 10.4. The number of amides is 2. The van der Waals surface area contributed by atoms with Gasteiger partial charge < -0.3 is 29.8 Å². The molecule has 4 heterocycles. The molecule has 2 aliphatic carbocycles. The molecule has 3 atom stereocenters. The van der Waals surface area contributed by atoms with Crippen LogP contribution in [-0.2, 0) is 20.1 Å². The monoisotopic (exact) mass is 600 g/mol. The third kappa shape index (κ3) is 3.92. The second kappa shape index (κ2) is 9.68. The molecular formula is C36H36N6O3. The van der Waals surface area contributed by atoms with Crippen LogP contribution in [-0.4, -0.2) is 56.6 Å². The maximum Gasteiger partial charge on any atom is 0.254 e. The Balaban J connectivity index is 1.20. The lowest BCUT2D eigenvalue weighted by atomic mass is 9.95. The summed E-state index contributed by atoms with van der Waals surface area (Å²) in [6, 6.07) is 18.6. The van der Waals surface area contributed by atoms with Crippen molar-refractivity contribution in [1.82, 2.24) is 24.3 Å². The van der Waals surface area contributed by atoms with E-state index in [1.54, 1.807) is 7.11 Å². The summed E-state index contributed by atoms with van der Waals surface area (Å²) in [7, 11) is 3.67. The van der Waals surface area contributed by atoms with E-state index in [1.807, 2.05) is 36.2 Å². The molecule has 3 fully saturated rings. The Morgan fingerprint density at radius 1 is 1.02 bits per heavy atom. The highest BCUT2D eigenvalue weighted by Gasteiger charge is 2.47. The number of ether oxygens (including phenoxy) is 1. The van der Waals surface area contributed by atoms with Crippen molar-refractivity contribution >= 4 is 33.8 Å². The Hall–Kier alpha value is -4.63. The van der Waals surface area contributed by atoms with Crippen molar-refractivity contribution in [3.63, 3.8) is 0 Å². The van der Waals surface area contributed by atoms with E-state index in [9.17, 15) is 9.59 Å². The molecule has 3 N–H and O–H groups in total. The number of hydrogen-bond acceptors (Lipinski definition) is 5. The highest BCUT2D eigenvalue weighted by Crippen LogP contribution is 2.42. The molecular weight excluding hydrogens is 564 g/mol. The van der Waals surface area contributed by atoms with Crippen molar-refractivity contribution in [1.29, 1.82) is 0 Å². The smallest absolute Gasteiger partial charge is 0.254 e. The van der Waals surface area contributed by atoms with Gasteiger partial charge in [0.25, 0.3) is 11.8 Å². The van der Waals surface area contributed by atoms with Gasteiger partial charge in [0.15, 0.2) is 5.82 Å². The predicted octanol–water partition coefficient (Wildman–Crippen LogP) is 5.09. The zero-order chi connectivity index (χ0) is 30.6. The number of hydrogen-bond donors (Lipinski definition) is 2. The molecule has 1 saturated heterocycles. The number of carbonyl (C=O) groups is 2. The van der Waals surface area contributed by atoms with E-state index in [0.29, 0.717) is 29.7 Å². The SMILES string of the molecule is COc1cc(C(=O)N2C[C@H]3CC[C@@H]2[C@@H]3N)cc2nc(-c3cc4cccc(-c5cccc6c5CNC6=O)c4n3CC3CC3)n(C)c12. The average molecular weight is 601 g/mol. The fourth-order valence-corrected chi connectivity index (χ4v) is 8.25.